The van der Waals surface area contributed by atoms with E-state index in [0.29, 0.717) is 12.2 Å². The summed E-state index contributed by atoms with van der Waals surface area (Å²) in [7, 11) is 1.70. The molecule has 1 aromatic heterocycles. The maximum Gasteiger partial charge on any atom is 0.260 e. The fourth-order valence-electron chi connectivity index (χ4n) is 4.22. The zero-order valence-electron chi connectivity index (χ0n) is 16.8. The van der Waals surface area contributed by atoms with Gasteiger partial charge in [0.25, 0.3) is 5.91 Å². The van der Waals surface area contributed by atoms with Crippen LogP contribution in [0.3, 0.4) is 0 Å². The number of amides is 1. The van der Waals surface area contributed by atoms with Gasteiger partial charge in [0.1, 0.15) is 5.56 Å². The Morgan fingerprint density at radius 3 is 2.31 bits per heavy atom. The molecule has 1 amide bonds. The van der Waals surface area contributed by atoms with E-state index in [0.717, 1.165) is 19.4 Å². The van der Waals surface area contributed by atoms with Gasteiger partial charge in [0.15, 0.2) is 12.4 Å². The number of hydrogen-bond acceptors (Lipinski definition) is 2. The predicted octanol–water partition coefficient (Wildman–Crippen LogP) is 3.86. The van der Waals surface area contributed by atoms with Gasteiger partial charge in [-0.1, -0.05) is 60.7 Å². The third-order valence-corrected chi connectivity index (χ3v) is 5.59. The molecule has 1 fully saturated rings. The fraction of sp³-hybridized carbons (Fsp3) is 0.280. The summed E-state index contributed by atoms with van der Waals surface area (Å²) < 4.78 is 7.46. The van der Waals surface area contributed by atoms with Gasteiger partial charge in [0.05, 0.1) is 12.6 Å². The zero-order valence-corrected chi connectivity index (χ0v) is 16.8. The second-order valence-electron chi connectivity index (χ2n) is 7.51. The third-order valence-electron chi connectivity index (χ3n) is 5.59. The lowest BCUT2D eigenvalue weighted by atomic mass is 9.98. The summed E-state index contributed by atoms with van der Waals surface area (Å²) >= 11 is 0. The van der Waals surface area contributed by atoms with E-state index in [1.165, 1.54) is 11.1 Å². The van der Waals surface area contributed by atoms with Gasteiger partial charge in [-0.05, 0) is 18.9 Å². The molecule has 0 unspecified atom stereocenters. The van der Waals surface area contributed by atoms with E-state index in [2.05, 4.69) is 53.1 Å². The molecule has 4 nitrogen and oxygen atoms in total. The minimum Gasteiger partial charge on any atom is -0.383 e. The zero-order chi connectivity index (χ0) is 20.1. The van der Waals surface area contributed by atoms with Crippen molar-refractivity contribution in [1.29, 1.82) is 0 Å². The van der Waals surface area contributed by atoms with Crippen LogP contribution in [0.5, 0.6) is 0 Å². The van der Waals surface area contributed by atoms with Crippen molar-refractivity contribution in [2.75, 3.05) is 20.3 Å². The van der Waals surface area contributed by atoms with Crippen LogP contribution < -0.4 is 4.57 Å². The van der Waals surface area contributed by atoms with Gasteiger partial charge >= 0.3 is 0 Å². The van der Waals surface area contributed by atoms with E-state index in [1.807, 2.05) is 41.6 Å². The molecule has 0 aliphatic carbocycles. The first-order valence-electron chi connectivity index (χ1n) is 10.2. The van der Waals surface area contributed by atoms with Crippen LogP contribution in [0, 0.1) is 0 Å². The Labute approximate surface area is 172 Å². The molecule has 4 rings (SSSR count). The van der Waals surface area contributed by atoms with Gasteiger partial charge in [-0.2, -0.15) is 4.57 Å². The van der Waals surface area contributed by atoms with Crippen molar-refractivity contribution >= 4 is 5.91 Å². The van der Waals surface area contributed by atoms with E-state index in [9.17, 15) is 4.79 Å². The third kappa shape index (κ3) is 4.22. The van der Waals surface area contributed by atoms with Crippen LogP contribution in [-0.4, -0.2) is 37.1 Å². The first kappa shape index (κ1) is 19.3. The van der Waals surface area contributed by atoms with Crippen LogP contribution in [0.4, 0.5) is 0 Å². The molecule has 1 aliphatic rings. The van der Waals surface area contributed by atoms with E-state index in [-0.39, 0.29) is 18.0 Å². The van der Waals surface area contributed by atoms with Gasteiger partial charge in [-0.3, -0.25) is 4.79 Å². The Morgan fingerprint density at radius 2 is 1.69 bits per heavy atom. The number of hydrogen-bond donors (Lipinski definition) is 0. The molecular formula is C25H27N2O2+. The number of pyridine rings is 1. The largest absolute Gasteiger partial charge is 0.383 e. The molecule has 2 heterocycles. The average molecular weight is 388 g/mol. The van der Waals surface area contributed by atoms with E-state index in [1.54, 1.807) is 7.11 Å². The van der Waals surface area contributed by atoms with Crippen molar-refractivity contribution in [2.45, 2.75) is 24.9 Å². The lowest BCUT2D eigenvalue weighted by Gasteiger charge is -2.24. The van der Waals surface area contributed by atoms with Crippen LogP contribution in [0.25, 0.3) is 0 Å². The number of nitrogens with zero attached hydrogens (tertiary/aromatic N) is 2. The quantitative estimate of drug-likeness (QED) is 0.602. The van der Waals surface area contributed by atoms with E-state index < -0.39 is 0 Å². The smallest absolute Gasteiger partial charge is 0.260 e. The van der Waals surface area contributed by atoms with Crippen LogP contribution in [0.15, 0.2) is 85.2 Å². The molecule has 0 spiro atoms. The van der Waals surface area contributed by atoms with Gasteiger partial charge in [0, 0.05) is 30.8 Å². The highest BCUT2D eigenvalue weighted by molar-refractivity contribution is 5.94. The van der Waals surface area contributed by atoms with Gasteiger partial charge in [-0.25, -0.2) is 0 Å². The summed E-state index contributed by atoms with van der Waals surface area (Å²) in [4.78, 5) is 15.2. The molecule has 3 aromatic rings. The van der Waals surface area contributed by atoms with Gasteiger partial charge in [-0.15, -0.1) is 0 Å². The molecule has 29 heavy (non-hydrogen) atoms. The van der Waals surface area contributed by atoms with E-state index in [4.69, 9.17) is 4.74 Å². The maximum atomic E-state index is 13.2. The molecule has 1 aliphatic heterocycles. The highest BCUT2D eigenvalue weighted by Gasteiger charge is 2.31. The van der Waals surface area contributed by atoms with Crippen LogP contribution in [0.2, 0.25) is 0 Å². The molecule has 1 saturated heterocycles. The highest BCUT2D eigenvalue weighted by Crippen LogP contribution is 2.23. The molecule has 148 valence electrons. The Kier molecular flexibility index (Phi) is 6.01. The highest BCUT2D eigenvalue weighted by atomic mass is 16.5. The molecular weight excluding hydrogens is 360 g/mol. The standard InChI is InChI=1S/C25H27N2O2/c1-29-19-23-15-9-17-27(23)25(28)22-14-8-16-26(18-22)24(20-10-4-2-5-11-20)21-12-6-3-7-13-21/h2-8,10-14,16,18,23-24H,9,15,17,19H2,1H3/q+1/t23-/m0/s1. The fourth-order valence-corrected chi connectivity index (χ4v) is 4.22. The number of benzene rings is 2. The summed E-state index contributed by atoms with van der Waals surface area (Å²) in [6, 6.07) is 24.9. The summed E-state index contributed by atoms with van der Waals surface area (Å²) in [6.45, 7) is 1.39. The number of carbonyl (C=O) groups is 1. The summed E-state index contributed by atoms with van der Waals surface area (Å²) in [5.41, 5.74) is 3.09. The molecule has 2 aromatic carbocycles. The van der Waals surface area contributed by atoms with Crippen LogP contribution in [-0.2, 0) is 4.74 Å². The number of likely N-dealkylation sites (tertiary alicyclic amines) is 1. The van der Waals surface area contributed by atoms with Crippen molar-refractivity contribution in [3.63, 3.8) is 0 Å². The number of methoxy groups -OCH3 is 1. The monoisotopic (exact) mass is 387 g/mol. The lowest BCUT2D eigenvalue weighted by Crippen LogP contribution is -2.43. The minimum atomic E-state index is 0.0125. The van der Waals surface area contributed by atoms with Crippen LogP contribution in [0.1, 0.15) is 40.4 Å². The van der Waals surface area contributed by atoms with Crippen LogP contribution >= 0.6 is 0 Å². The maximum absolute atomic E-state index is 13.2. The van der Waals surface area contributed by atoms with E-state index >= 15 is 0 Å². The number of rotatable bonds is 6. The molecule has 0 bridgehead atoms. The number of ether oxygens (including phenoxy) is 1. The first-order chi connectivity index (χ1) is 14.3. The minimum absolute atomic E-state index is 0.0125. The van der Waals surface area contributed by atoms with Crippen molar-refractivity contribution in [3.8, 4) is 0 Å². The molecule has 0 radical (unpaired) electrons. The van der Waals surface area contributed by atoms with Gasteiger partial charge in [0.2, 0.25) is 6.04 Å². The number of carbonyl (C=O) groups excluding carboxylic acids is 1. The van der Waals surface area contributed by atoms with Crippen molar-refractivity contribution in [2.24, 2.45) is 0 Å². The van der Waals surface area contributed by atoms with Crippen molar-refractivity contribution < 1.29 is 14.1 Å². The first-order valence-corrected chi connectivity index (χ1v) is 10.2. The second-order valence-corrected chi connectivity index (χ2v) is 7.51. The van der Waals surface area contributed by atoms with Gasteiger partial charge < -0.3 is 9.64 Å². The molecule has 4 heteroatoms. The summed E-state index contributed by atoms with van der Waals surface area (Å²) in [6.07, 6.45) is 6.06. The normalized spacial score (nSPS) is 16.3. The summed E-state index contributed by atoms with van der Waals surface area (Å²) in [5.74, 6) is 0.0822. The Balaban J connectivity index is 1.69. The molecule has 0 N–H and O–H groups in total. The molecule has 1 atom stereocenters. The lowest BCUT2D eigenvalue weighted by molar-refractivity contribution is -0.705. The SMILES string of the molecule is COC[C@@H]1CCCN1C(=O)c1ccc[n+](C(c2ccccc2)c2ccccc2)c1. The second kappa shape index (κ2) is 9.01. The summed E-state index contributed by atoms with van der Waals surface area (Å²) in [5, 5.41) is 0. The average Bonchev–Trinajstić information content (AvgIpc) is 3.24. The predicted molar refractivity (Wildman–Crippen MR) is 113 cm³/mol. The number of aromatic nitrogens is 1. The Morgan fingerprint density at radius 1 is 1.03 bits per heavy atom. The topological polar surface area (TPSA) is 33.4 Å². The molecule has 0 saturated carbocycles. The van der Waals surface area contributed by atoms with Crippen molar-refractivity contribution in [3.05, 3.63) is 102 Å². The Bertz CT molecular complexity index is 904. The Hall–Kier alpha value is -2.98. The van der Waals surface area contributed by atoms with Crippen molar-refractivity contribution in [1.82, 2.24) is 4.90 Å².